The van der Waals surface area contributed by atoms with Crippen LogP contribution in [0, 0.1) is 6.92 Å². The zero-order valence-corrected chi connectivity index (χ0v) is 15.0. The van der Waals surface area contributed by atoms with Crippen molar-refractivity contribution in [3.63, 3.8) is 0 Å². The van der Waals surface area contributed by atoms with Crippen LogP contribution in [-0.4, -0.2) is 43.6 Å². The Balaban J connectivity index is 1.47. The van der Waals surface area contributed by atoms with Crippen molar-refractivity contribution in [3.8, 4) is 5.75 Å². The third-order valence-corrected chi connectivity index (χ3v) is 4.68. The van der Waals surface area contributed by atoms with Crippen molar-refractivity contribution < 1.29 is 23.9 Å². The number of hydrogen-bond donors (Lipinski definition) is 1. The molecule has 1 aromatic rings. The smallest absolute Gasteiger partial charge is 0.308 e. The first-order valence-electron chi connectivity index (χ1n) is 9.02. The average Bonchev–Trinajstić information content (AvgIpc) is 3.12. The predicted octanol–water partition coefficient (Wildman–Crippen LogP) is 1.71. The number of amides is 2. The maximum Gasteiger partial charge on any atom is 0.308 e. The monoisotopic (exact) mass is 360 g/mol. The maximum absolute atomic E-state index is 12.1. The van der Waals surface area contributed by atoms with Gasteiger partial charge in [0.1, 0.15) is 5.75 Å². The molecule has 0 unspecified atom stereocenters. The van der Waals surface area contributed by atoms with E-state index in [9.17, 15) is 14.4 Å². The quantitative estimate of drug-likeness (QED) is 0.781. The minimum atomic E-state index is -0.500. The van der Waals surface area contributed by atoms with Crippen LogP contribution in [0.2, 0.25) is 0 Å². The van der Waals surface area contributed by atoms with E-state index in [1.165, 1.54) is 4.90 Å². The van der Waals surface area contributed by atoms with Crippen LogP contribution in [0.3, 0.4) is 0 Å². The molecule has 3 rings (SSSR count). The van der Waals surface area contributed by atoms with Crippen molar-refractivity contribution >= 4 is 23.5 Å². The summed E-state index contributed by atoms with van der Waals surface area (Å²) in [6.07, 6.45) is 4.24. The minimum Gasteiger partial charge on any atom is -0.482 e. The number of benzene rings is 1. The summed E-state index contributed by atoms with van der Waals surface area (Å²) in [5.41, 5.74) is 1.66. The van der Waals surface area contributed by atoms with Gasteiger partial charge in [-0.2, -0.15) is 0 Å². The molecule has 1 fully saturated rings. The second-order valence-corrected chi connectivity index (χ2v) is 6.76. The number of fused-ring (bicyclic) bond motifs is 1. The predicted molar refractivity (Wildman–Crippen MR) is 95.0 cm³/mol. The molecule has 0 spiro atoms. The number of aryl methyl sites for hydroxylation is 1. The molecule has 0 atom stereocenters. The molecule has 2 amide bonds. The third-order valence-electron chi connectivity index (χ3n) is 4.68. The van der Waals surface area contributed by atoms with Crippen LogP contribution in [0.5, 0.6) is 5.75 Å². The molecule has 2 aliphatic rings. The highest BCUT2D eigenvalue weighted by Gasteiger charge is 2.26. The Morgan fingerprint density at radius 1 is 1.31 bits per heavy atom. The first-order valence-corrected chi connectivity index (χ1v) is 9.02. The van der Waals surface area contributed by atoms with Crippen molar-refractivity contribution in [2.45, 2.75) is 45.1 Å². The van der Waals surface area contributed by atoms with Gasteiger partial charge in [0.15, 0.2) is 13.2 Å². The number of nitrogens with one attached hydrogen (secondary N) is 1. The van der Waals surface area contributed by atoms with Crippen LogP contribution in [0.4, 0.5) is 5.69 Å². The van der Waals surface area contributed by atoms with Crippen LogP contribution in [0.15, 0.2) is 18.2 Å². The number of nitrogens with zero attached hydrogens (tertiary/aromatic N) is 1. The molecular formula is C19H24N2O5. The largest absolute Gasteiger partial charge is 0.482 e. The SMILES string of the molecule is Cc1ccc2c(c1)N(CCC(=O)OCC(=O)NC1CCCC1)C(=O)CO2. The third kappa shape index (κ3) is 4.53. The molecule has 7 heteroatoms. The molecule has 7 nitrogen and oxygen atoms in total. The highest BCUT2D eigenvalue weighted by atomic mass is 16.5. The van der Waals surface area contributed by atoms with Gasteiger partial charge in [0.05, 0.1) is 12.1 Å². The molecule has 0 aromatic heterocycles. The molecule has 0 saturated heterocycles. The number of ether oxygens (including phenoxy) is 2. The van der Waals surface area contributed by atoms with Gasteiger partial charge in [-0.15, -0.1) is 0 Å². The topological polar surface area (TPSA) is 84.9 Å². The van der Waals surface area contributed by atoms with Gasteiger partial charge in [0.2, 0.25) is 0 Å². The Morgan fingerprint density at radius 2 is 2.08 bits per heavy atom. The van der Waals surface area contributed by atoms with Crippen molar-refractivity contribution in [1.29, 1.82) is 0 Å². The summed E-state index contributed by atoms with van der Waals surface area (Å²) in [6.45, 7) is 1.80. The fourth-order valence-electron chi connectivity index (χ4n) is 3.32. The van der Waals surface area contributed by atoms with E-state index in [-0.39, 0.29) is 44.0 Å². The summed E-state index contributed by atoms with van der Waals surface area (Å²) < 4.78 is 10.4. The molecule has 1 aliphatic heterocycles. The van der Waals surface area contributed by atoms with Gasteiger partial charge in [-0.3, -0.25) is 14.4 Å². The lowest BCUT2D eigenvalue weighted by Crippen LogP contribution is -2.40. The average molecular weight is 360 g/mol. The van der Waals surface area contributed by atoms with E-state index in [4.69, 9.17) is 9.47 Å². The zero-order chi connectivity index (χ0) is 18.5. The van der Waals surface area contributed by atoms with Gasteiger partial charge in [-0.05, 0) is 37.5 Å². The Hall–Kier alpha value is -2.57. The van der Waals surface area contributed by atoms with Crippen LogP contribution >= 0.6 is 0 Å². The summed E-state index contributed by atoms with van der Waals surface area (Å²) in [5.74, 6) is -0.344. The van der Waals surface area contributed by atoms with Gasteiger partial charge in [-0.1, -0.05) is 18.9 Å². The summed E-state index contributed by atoms with van der Waals surface area (Å²) in [7, 11) is 0. The number of carbonyl (C=O) groups is 3. The highest BCUT2D eigenvalue weighted by Crippen LogP contribution is 2.32. The van der Waals surface area contributed by atoms with Gasteiger partial charge in [0.25, 0.3) is 11.8 Å². The second-order valence-electron chi connectivity index (χ2n) is 6.76. The first-order chi connectivity index (χ1) is 12.5. The lowest BCUT2D eigenvalue weighted by molar-refractivity contribution is -0.148. The number of rotatable bonds is 6. The van der Waals surface area contributed by atoms with Crippen molar-refractivity contribution in [2.24, 2.45) is 0 Å². The van der Waals surface area contributed by atoms with Crippen LogP contribution in [0.1, 0.15) is 37.7 Å². The summed E-state index contributed by atoms with van der Waals surface area (Å²) in [5, 5.41) is 2.87. The Bertz CT molecular complexity index is 697. The van der Waals surface area contributed by atoms with Crippen molar-refractivity contribution in [3.05, 3.63) is 23.8 Å². The first kappa shape index (κ1) is 18.2. The number of esters is 1. The highest BCUT2D eigenvalue weighted by molar-refractivity contribution is 5.98. The number of anilines is 1. The molecule has 0 radical (unpaired) electrons. The van der Waals surface area contributed by atoms with Gasteiger partial charge in [0, 0.05) is 12.6 Å². The molecular weight excluding hydrogens is 336 g/mol. The Labute approximate surface area is 152 Å². The Kier molecular flexibility index (Phi) is 5.75. The normalized spacial score (nSPS) is 16.8. The summed E-state index contributed by atoms with van der Waals surface area (Å²) >= 11 is 0. The van der Waals surface area contributed by atoms with E-state index < -0.39 is 5.97 Å². The summed E-state index contributed by atoms with van der Waals surface area (Å²) in [4.78, 5) is 37.4. The lowest BCUT2D eigenvalue weighted by Gasteiger charge is -2.29. The summed E-state index contributed by atoms with van der Waals surface area (Å²) in [6, 6.07) is 5.78. The second kappa shape index (κ2) is 8.21. The van der Waals surface area contributed by atoms with Crippen LogP contribution < -0.4 is 15.0 Å². The molecule has 0 bridgehead atoms. The van der Waals surface area contributed by atoms with E-state index in [2.05, 4.69) is 5.32 Å². The molecule has 1 aromatic carbocycles. The number of hydrogen-bond acceptors (Lipinski definition) is 5. The molecule has 1 heterocycles. The zero-order valence-electron chi connectivity index (χ0n) is 15.0. The lowest BCUT2D eigenvalue weighted by atomic mass is 10.1. The molecule has 1 N–H and O–H groups in total. The minimum absolute atomic E-state index is 0.0236. The van der Waals surface area contributed by atoms with Gasteiger partial charge in [-0.25, -0.2) is 0 Å². The molecule has 26 heavy (non-hydrogen) atoms. The van der Waals surface area contributed by atoms with E-state index >= 15 is 0 Å². The molecule has 1 aliphatic carbocycles. The fourth-order valence-corrected chi connectivity index (χ4v) is 3.32. The van der Waals surface area contributed by atoms with E-state index in [1.54, 1.807) is 0 Å². The molecule has 140 valence electrons. The van der Waals surface area contributed by atoms with Gasteiger partial charge >= 0.3 is 5.97 Å². The fraction of sp³-hybridized carbons (Fsp3) is 0.526. The van der Waals surface area contributed by atoms with E-state index in [0.717, 1.165) is 31.2 Å². The van der Waals surface area contributed by atoms with Crippen molar-refractivity contribution in [1.82, 2.24) is 5.32 Å². The maximum atomic E-state index is 12.1. The van der Waals surface area contributed by atoms with E-state index in [1.807, 2.05) is 25.1 Å². The standard InChI is InChI=1S/C19H24N2O5/c1-13-6-7-16-15(10-13)21(18(23)12-25-16)9-8-19(24)26-11-17(22)20-14-4-2-3-5-14/h6-7,10,14H,2-5,8-9,11-12H2,1H3,(H,20,22). The molecule has 1 saturated carbocycles. The van der Waals surface area contributed by atoms with E-state index in [0.29, 0.717) is 11.4 Å². The Morgan fingerprint density at radius 3 is 2.85 bits per heavy atom. The number of carbonyl (C=O) groups excluding carboxylic acids is 3. The van der Waals surface area contributed by atoms with Gasteiger partial charge < -0.3 is 19.7 Å². The van der Waals surface area contributed by atoms with Crippen LogP contribution in [-0.2, 0) is 19.1 Å². The van der Waals surface area contributed by atoms with Crippen molar-refractivity contribution in [2.75, 3.05) is 24.7 Å². The van der Waals surface area contributed by atoms with Crippen LogP contribution in [0.25, 0.3) is 0 Å².